The maximum Gasteiger partial charge on any atom is 0.163 e. The van der Waals surface area contributed by atoms with Crippen LogP contribution in [0.15, 0.2) is 162 Å². The second-order valence-electron chi connectivity index (χ2n) is 12.0. The first-order valence-corrected chi connectivity index (χ1v) is 16.0. The van der Waals surface area contributed by atoms with Gasteiger partial charge in [-0.1, -0.05) is 115 Å². The lowest BCUT2D eigenvalue weighted by molar-refractivity contribution is 0.672. The molecule has 224 valence electrons. The number of nitrogens with zero attached hydrogens (tertiary/aromatic N) is 4. The summed E-state index contributed by atoms with van der Waals surface area (Å²) < 4.78 is 8.91. The lowest BCUT2D eigenvalue weighted by atomic mass is 10.0. The Morgan fingerprint density at radius 2 is 1.12 bits per heavy atom. The van der Waals surface area contributed by atoms with Crippen LogP contribution in [0.2, 0.25) is 0 Å². The van der Waals surface area contributed by atoms with Crippen molar-refractivity contribution in [1.82, 2.24) is 19.5 Å². The Kier molecular flexibility index (Phi) is 5.81. The minimum absolute atomic E-state index is 0.702. The molecule has 0 N–H and O–H groups in total. The van der Waals surface area contributed by atoms with Crippen molar-refractivity contribution in [3.05, 3.63) is 158 Å². The van der Waals surface area contributed by atoms with Gasteiger partial charge in [-0.25, -0.2) is 9.97 Å². The molecule has 48 heavy (non-hydrogen) atoms. The molecule has 0 radical (unpaired) electrons. The molecule has 6 aromatic carbocycles. The van der Waals surface area contributed by atoms with Crippen LogP contribution in [0.1, 0.15) is 0 Å². The minimum atomic E-state index is 0.702. The molecule has 0 aliphatic carbocycles. The van der Waals surface area contributed by atoms with Crippen molar-refractivity contribution in [3.63, 3.8) is 0 Å². The topological polar surface area (TPSA) is 56.7 Å². The van der Waals surface area contributed by atoms with Crippen LogP contribution in [0.5, 0.6) is 0 Å². The van der Waals surface area contributed by atoms with E-state index in [1.54, 1.807) is 0 Å². The van der Waals surface area contributed by atoms with E-state index in [4.69, 9.17) is 19.4 Å². The second-order valence-corrected chi connectivity index (χ2v) is 12.0. The number of pyridine rings is 1. The third-order valence-corrected chi connectivity index (χ3v) is 9.25. The Bertz CT molecular complexity index is 2760. The van der Waals surface area contributed by atoms with E-state index in [9.17, 15) is 0 Å². The van der Waals surface area contributed by atoms with E-state index in [0.29, 0.717) is 5.82 Å². The Hall–Kier alpha value is -6.59. The van der Waals surface area contributed by atoms with Gasteiger partial charge in [0.15, 0.2) is 11.4 Å². The van der Waals surface area contributed by atoms with Crippen LogP contribution in [-0.4, -0.2) is 19.5 Å². The average Bonchev–Trinajstić information content (AvgIpc) is 3.72. The highest BCUT2D eigenvalue weighted by Crippen LogP contribution is 2.45. The number of para-hydroxylation sites is 2. The van der Waals surface area contributed by atoms with Gasteiger partial charge in [0.25, 0.3) is 0 Å². The molecule has 0 atom stereocenters. The van der Waals surface area contributed by atoms with Crippen LogP contribution < -0.4 is 0 Å². The molecule has 0 fully saturated rings. The highest BCUT2D eigenvalue weighted by atomic mass is 16.3. The van der Waals surface area contributed by atoms with Crippen LogP contribution in [0.4, 0.5) is 0 Å². The zero-order valence-electron chi connectivity index (χ0n) is 25.7. The second kappa shape index (κ2) is 10.5. The summed E-state index contributed by atoms with van der Waals surface area (Å²) >= 11 is 0. The van der Waals surface area contributed by atoms with Crippen molar-refractivity contribution < 1.29 is 4.42 Å². The van der Waals surface area contributed by atoms with Gasteiger partial charge >= 0.3 is 0 Å². The average molecular weight is 615 g/mol. The van der Waals surface area contributed by atoms with Gasteiger partial charge in [0.1, 0.15) is 11.1 Å². The van der Waals surface area contributed by atoms with Crippen molar-refractivity contribution in [1.29, 1.82) is 0 Å². The van der Waals surface area contributed by atoms with Crippen LogP contribution in [0, 0.1) is 0 Å². The van der Waals surface area contributed by atoms with E-state index in [-0.39, 0.29) is 0 Å². The molecular weight excluding hydrogens is 589 g/mol. The van der Waals surface area contributed by atoms with Crippen molar-refractivity contribution >= 4 is 54.6 Å². The minimum Gasteiger partial charge on any atom is -0.454 e. The number of hydrogen-bond donors (Lipinski definition) is 0. The Labute approximate surface area is 275 Å². The Morgan fingerprint density at radius 3 is 1.90 bits per heavy atom. The van der Waals surface area contributed by atoms with Crippen molar-refractivity contribution in [2.75, 3.05) is 0 Å². The molecule has 4 heterocycles. The summed E-state index contributed by atoms with van der Waals surface area (Å²) in [7, 11) is 0. The fourth-order valence-electron chi connectivity index (χ4n) is 7.10. The van der Waals surface area contributed by atoms with E-state index in [2.05, 4.69) is 102 Å². The van der Waals surface area contributed by atoms with Gasteiger partial charge in [-0.2, -0.15) is 0 Å². The number of aromatic nitrogens is 4. The molecule has 4 aromatic heterocycles. The standard InChI is InChI=1S/C43H26N4O/c1-3-12-27(13-4-1)34-26-35(46-43(45-34)29-14-5-2-6-15-29)28-21-23-30(24-22-28)47-36-19-9-7-16-31(36)38-33-18-11-25-44-40(33)42-39(41(38)47)32-17-8-10-20-37(32)48-42/h1-26H. The molecule has 5 heteroatoms. The molecule has 0 spiro atoms. The zero-order chi connectivity index (χ0) is 31.6. The Morgan fingerprint density at radius 1 is 0.500 bits per heavy atom. The molecule has 10 aromatic rings. The SMILES string of the molecule is c1ccc(-c2cc(-c3ccc(-n4c5ccccc5c5c6cccnc6c6oc7ccccc7c6c54)cc3)nc(-c3ccccc3)n2)cc1. The van der Waals surface area contributed by atoms with Gasteiger partial charge < -0.3 is 8.98 Å². The number of furan rings is 1. The quantitative estimate of drug-likeness (QED) is 0.198. The summed E-state index contributed by atoms with van der Waals surface area (Å²) in [6, 6.07) is 52.3. The molecule has 10 rings (SSSR count). The van der Waals surface area contributed by atoms with Gasteiger partial charge in [0.2, 0.25) is 0 Å². The van der Waals surface area contributed by atoms with Crippen molar-refractivity contribution in [2.45, 2.75) is 0 Å². The van der Waals surface area contributed by atoms with Crippen molar-refractivity contribution in [3.8, 4) is 39.6 Å². The molecule has 0 bridgehead atoms. The van der Waals surface area contributed by atoms with Gasteiger partial charge in [-0.15, -0.1) is 0 Å². The van der Waals surface area contributed by atoms with Gasteiger partial charge in [-0.05, 0) is 36.4 Å². The fraction of sp³-hybridized carbons (Fsp3) is 0. The summed E-state index contributed by atoms with van der Waals surface area (Å²) in [5.74, 6) is 0.702. The molecule has 0 unspecified atom stereocenters. The summed E-state index contributed by atoms with van der Waals surface area (Å²) in [6.07, 6.45) is 1.85. The summed E-state index contributed by atoms with van der Waals surface area (Å²) in [5.41, 5.74) is 10.7. The predicted octanol–water partition coefficient (Wildman–Crippen LogP) is 11.0. The Balaban J connectivity index is 1.22. The number of hydrogen-bond acceptors (Lipinski definition) is 4. The molecule has 0 aliphatic heterocycles. The summed E-state index contributed by atoms with van der Waals surface area (Å²) in [4.78, 5) is 14.9. The molecule has 5 nitrogen and oxygen atoms in total. The van der Waals surface area contributed by atoms with Crippen molar-refractivity contribution in [2.24, 2.45) is 0 Å². The first-order chi connectivity index (χ1) is 23.8. The van der Waals surface area contributed by atoms with Gasteiger partial charge in [0, 0.05) is 50.1 Å². The third kappa shape index (κ3) is 4.01. The van der Waals surface area contributed by atoms with E-state index in [1.807, 2.05) is 60.8 Å². The summed E-state index contributed by atoms with van der Waals surface area (Å²) in [6.45, 7) is 0. The first kappa shape index (κ1) is 26.6. The summed E-state index contributed by atoms with van der Waals surface area (Å²) in [5, 5.41) is 5.58. The van der Waals surface area contributed by atoms with E-state index >= 15 is 0 Å². The smallest absolute Gasteiger partial charge is 0.163 e. The third-order valence-electron chi connectivity index (χ3n) is 9.25. The predicted molar refractivity (Wildman–Crippen MR) is 195 cm³/mol. The largest absolute Gasteiger partial charge is 0.454 e. The maximum absolute atomic E-state index is 6.54. The normalized spacial score (nSPS) is 11.8. The first-order valence-electron chi connectivity index (χ1n) is 16.0. The van der Waals surface area contributed by atoms with Crippen LogP contribution >= 0.6 is 0 Å². The molecular formula is C43H26N4O. The van der Waals surface area contributed by atoms with Crippen LogP contribution in [-0.2, 0) is 0 Å². The fourth-order valence-corrected chi connectivity index (χ4v) is 7.10. The van der Waals surface area contributed by atoms with Crippen LogP contribution in [0.25, 0.3) is 94.2 Å². The number of rotatable bonds is 4. The van der Waals surface area contributed by atoms with E-state index < -0.39 is 0 Å². The molecule has 0 saturated carbocycles. The van der Waals surface area contributed by atoms with Gasteiger partial charge in [0.05, 0.1) is 27.8 Å². The zero-order valence-corrected chi connectivity index (χ0v) is 25.7. The van der Waals surface area contributed by atoms with E-state index in [0.717, 1.165) is 77.6 Å². The van der Waals surface area contributed by atoms with Gasteiger partial charge in [-0.3, -0.25) is 4.98 Å². The molecule has 0 amide bonds. The van der Waals surface area contributed by atoms with E-state index in [1.165, 1.54) is 10.8 Å². The monoisotopic (exact) mass is 614 g/mol. The number of fused-ring (bicyclic) bond motifs is 10. The lowest BCUT2D eigenvalue weighted by Gasteiger charge is -2.12. The van der Waals surface area contributed by atoms with Crippen LogP contribution in [0.3, 0.4) is 0 Å². The molecule has 0 aliphatic rings. The highest BCUT2D eigenvalue weighted by molar-refractivity contribution is 6.34. The number of benzene rings is 6. The lowest BCUT2D eigenvalue weighted by Crippen LogP contribution is -1.97. The maximum atomic E-state index is 6.54. The molecule has 0 saturated heterocycles. The highest BCUT2D eigenvalue weighted by Gasteiger charge is 2.23.